The lowest BCUT2D eigenvalue weighted by Gasteiger charge is -2.12. The van der Waals surface area contributed by atoms with Gasteiger partial charge in [0, 0.05) is 23.7 Å². The molecule has 1 aliphatic rings. The molecule has 3 nitrogen and oxygen atoms in total. The first kappa shape index (κ1) is 11.7. The summed E-state index contributed by atoms with van der Waals surface area (Å²) in [4.78, 5) is 0. The molecule has 0 saturated heterocycles. The van der Waals surface area contributed by atoms with E-state index in [1.807, 2.05) is 0 Å². The van der Waals surface area contributed by atoms with Crippen LogP contribution in [0.1, 0.15) is 18.4 Å². The predicted molar refractivity (Wildman–Crippen MR) is 63.6 cm³/mol. The van der Waals surface area contributed by atoms with Gasteiger partial charge in [0.15, 0.2) is 0 Å². The number of aliphatic hydroxyl groups excluding tert-OH is 1. The van der Waals surface area contributed by atoms with Crippen LogP contribution >= 0.6 is 11.6 Å². The molecule has 0 heterocycles. The van der Waals surface area contributed by atoms with E-state index in [1.54, 1.807) is 18.2 Å². The Morgan fingerprint density at radius 2 is 2.19 bits per heavy atom. The van der Waals surface area contributed by atoms with Crippen LogP contribution in [0.25, 0.3) is 0 Å². The fourth-order valence-electron chi connectivity index (χ4n) is 1.71. The highest BCUT2D eigenvalue weighted by molar-refractivity contribution is 6.31. The summed E-state index contributed by atoms with van der Waals surface area (Å²) in [6.07, 6.45) is 1.98. The molecule has 0 amide bonds. The number of hydrogen-bond acceptors (Lipinski definition) is 3. The van der Waals surface area contributed by atoms with Gasteiger partial charge in [-0.2, -0.15) is 0 Å². The average Bonchev–Trinajstić information content (AvgIpc) is 3.05. The van der Waals surface area contributed by atoms with Crippen molar-refractivity contribution in [1.29, 1.82) is 0 Å². The van der Waals surface area contributed by atoms with E-state index >= 15 is 0 Å². The fraction of sp³-hybridized carbons (Fsp3) is 0.500. The van der Waals surface area contributed by atoms with Gasteiger partial charge in [-0.25, -0.2) is 0 Å². The highest BCUT2D eigenvalue weighted by Gasteiger charge is 2.29. The number of phenols is 1. The van der Waals surface area contributed by atoms with Gasteiger partial charge in [0.2, 0.25) is 0 Å². The number of nitrogens with one attached hydrogen (secondary N) is 1. The zero-order valence-corrected chi connectivity index (χ0v) is 9.74. The van der Waals surface area contributed by atoms with Crippen LogP contribution in [0.5, 0.6) is 5.75 Å². The Morgan fingerprint density at radius 3 is 2.81 bits per heavy atom. The maximum Gasteiger partial charge on any atom is 0.121 e. The van der Waals surface area contributed by atoms with Crippen LogP contribution in [0.3, 0.4) is 0 Å². The van der Waals surface area contributed by atoms with Crippen molar-refractivity contribution in [2.45, 2.75) is 25.5 Å². The lowest BCUT2D eigenvalue weighted by molar-refractivity contribution is 0.148. The predicted octanol–water partition coefficient (Wildman–Crippen LogP) is 1.91. The molecule has 16 heavy (non-hydrogen) atoms. The van der Waals surface area contributed by atoms with Crippen LogP contribution in [0.15, 0.2) is 18.2 Å². The molecule has 0 aromatic heterocycles. The molecule has 1 saturated carbocycles. The van der Waals surface area contributed by atoms with Crippen LogP contribution in [-0.4, -0.2) is 22.9 Å². The number of rotatable bonds is 5. The SMILES string of the molecule is Oc1cccc(Cl)c1CNCC(O)C1CC1. The second-order valence-electron chi connectivity index (χ2n) is 4.27. The Morgan fingerprint density at radius 1 is 1.44 bits per heavy atom. The molecule has 0 radical (unpaired) electrons. The van der Waals surface area contributed by atoms with Crippen molar-refractivity contribution in [2.75, 3.05) is 6.54 Å². The molecule has 1 aliphatic carbocycles. The Balaban J connectivity index is 1.84. The quantitative estimate of drug-likeness (QED) is 0.738. The summed E-state index contributed by atoms with van der Waals surface area (Å²) in [5.74, 6) is 0.660. The summed E-state index contributed by atoms with van der Waals surface area (Å²) in [6, 6.07) is 5.07. The van der Waals surface area contributed by atoms with Gasteiger partial charge >= 0.3 is 0 Å². The van der Waals surface area contributed by atoms with Gasteiger partial charge in [-0.1, -0.05) is 17.7 Å². The number of benzene rings is 1. The summed E-state index contributed by atoms with van der Waals surface area (Å²) in [5.41, 5.74) is 0.687. The van der Waals surface area contributed by atoms with E-state index in [1.165, 1.54) is 0 Å². The van der Waals surface area contributed by atoms with Crippen molar-refractivity contribution < 1.29 is 10.2 Å². The third-order valence-electron chi connectivity index (χ3n) is 2.92. The van der Waals surface area contributed by atoms with Crippen LogP contribution in [0, 0.1) is 5.92 Å². The van der Waals surface area contributed by atoms with Crippen molar-refractivity contribution in [1.82, 2.24) is 5.32 Å². The Hall–Kier alpha value is -0.770. The summed E-state index contributed by atoms with van der Waals surface area (Å²) >= 11 is 5.96. The van der Waals surface area contributed by atoms with Gasteiger partial charge in [-0.05, 0) is 30.9 Å². The molecule has 1 fully saturated rings. The van der Waals surface area contributed by atoms with Gasteiger partial charge in [-0.15, -0.1) is 0 Å². The molecule has 0 bridgehead atoms. The first-order chi connectivity index (χ1) is 7.68. The highest BCUT2D eigenvalue weighted by Crippen LogP contribution is 2.32. The average molecular weight is 242 g/mol. The monoisotopic (exact) mass is 241 g/mol. The second kappa shape index (κ2) is 5.04. The fourth-order valence-corrected chi connectivity index (χ4v) is 1.95. The largest absolute Gasteiger partial charge is 0.508 e. The van der Waals surface area contributed by atoms with Crippen LogP contribution in [0.4, 0.5) is 0 Å². The molecule has 1 atom stereocenters. The van der Waals surface area contributed by atoms with Gasteiger partial charge in [0.1, 0.15) is 5.75 Å². The normalized spacial score (nSPS) is 17.4. The number of halogens is 1. The van der Waals surface area contributed by atoms with Crippen molar-refractivity contribution in [3.05, 3.63) is 28.8 Å². The number of hydrogen-bond donors (Lipinski definition) is 3. The van der Waals surface area contributed by atoms with E-state index < -0.39 is 0 Å². The lowest BCUT2D eigenvalue weighted by atomic mass is 10.2. The molecule has 0 aliphatic heterocycles. The zero-order chi connectivity index (χ0) is 11.5. The highest BCUT2D eigenvalue weighted by atomic mass is 35.5. The van der Waals surface area contributed by atoms with Crippen molar-refractivity contribution in [3.8, 4) is 5.75 Å². The molecule has 88 valence electrons. The molecular formula is C12H16ClNO2. The third-order valence-corrected chi connectivity index (χ3v) is 3.27. The topological polar surface area (TPSA) is 52.5 Å². The van der Waals surface area contributed by atoms with Crippen LogP contribution in [0.2, 0.25) is 5.02 Å². The minimum absolute atomic E-state index is 0.195. The minimum Gasteiger partial charge on any atom is -0.508 e. The Bertz CT molecular complexity index is 346. The molecule has 2 rings (SSSR count). The van der Waals surface area contributed by atoms with E-state index in [0.717, 1.165) is 12.8 Å². The molecule has 3 N–H and O–H groups in total. The van der Waals surface area contributed by atoms with Gasteiger partial charge < -0.3 is 15.5 Å². The van der Waals surface area contributed by atoms with Crippen molar-refractivity contribution >= 4 is 11.6 Å². The van der Waals surface area contributed by atoms with E-state index in [0.29, 0.717) is 29.6 Å². The number of aromatic hydroxyl groups is 1. The van der Waals surface area contributed by atoms with Crippen molar-refractivity contribution in [3.63, 3.8) is 0 Å². The number of aliphatic hydroxyl groups is 1. The molecule has 4 heteroatoms. The van der Waals surface area contributed by atoms with Crippen LogP contribution < -0.4 is 5.32 Å². The Labute approximate surface area is 100 Å². The van der Waals surface area contributed by atoms with Gasteiger partial charge in [0.05, 0.1) is 6.10 Å². The van der Waals surface area contributed by atoms with E-state index in [2.05, 4.69) is 5.32 Å². The first-order valence-corrected chi connectivity index (χ1v) is 5.91. The molecular weight excluding hydrogens is 226 g/mol. The first-order valence-electron chi connectivity index (χ1n) is 5.53. The number of phenolic OH excluding ortho intramolecular Hbond substituents is 1. The minimum atomic E-state index is -0.273. The molecule has 1 unspecified atom stereocenters. The summed E-state index contributed by atoms with van der Waals surface area (Å²) in [6.45, 7) is 1.03. The van der Waals surface area contributed by atoms with E-state index in [9.17, 15) is 10.2 Å². The summed E-state index contributed by atoms with van der Waals surface area (Å²) in [5, 5.41) is 22.9. The summed E-state index contributed by atoms with van der Waals surface area (Å²) in [7, 11) is 0. The maximum absolute atomic E-state index is 9.65. The smallest absolute Gasteiger partial charge is 0.121 e. The molecule has 1 aromatic carbocycles. The molecule has 1 aromatic rings. The van der Waals surface area contributed by atoms with Crippen LogP contribution in [-0.2, 0) is 6.54 Å². The zero-order valence-electron chi connectivity index (χ0n) is 8.99. The van der Waals surface area contributed by atoms with Crippen molar-refractivity contribution in [2.24, 2.45) is 5.92 Å². The van der Waals surface area contributed by atoms with Gasteiger partial charge in [-0.3, -0.25) is 0 Å². The Kier molecular flexibility index (Phi) is 3.69. The molecule has 0 spiro atoms. The van der Waals surface area contributed by atoms with E-state index in [4.69, 9.17) is 11.6 Å². The third kappa shape index (κ3) is 2.88. The second-order valence-corrected chi connectivity index (χ2v) is 4.68. The maximum atomic E-state index is 9.65. The summed E-state index contributed by atoms with van der Waals surface area (Å²) < 4.78 is 0. The van der Waals surface area contributed by atoms with Gasteiger partial charge in [0.25, 0.3) is 0 Å². The standard InChI is InChI=1S/C12H16ClNO2/c13-10-2-1-3-11(15)9(10)6-14-7-12(16)8-4-5-8/h1-3,8,12,14-16H,4-7H2. The van der Waals surface area contributed by atoms with E-state index in [-0.39, 0.29) is 11.9 Å². The lowest BCUT2D eigenvalue weighted by Crippen LogP contribution is -2.27.